The highest BCUT2D eigenvalue weighted by molar-refractivity contribution is 5.81. The topological polar surface area (TPSA) is 66.0 Å². The number of hydrogen-bond donors (Lipinski definition) is 2. The summed E-state index contributed by atoms with van der Waals surface area (Å²) in [5.41, 5.74) is 1.13. The minimum atomic E-state index is 0.0113. The van der Waals surface area contributed by atoms with Crippen LogP contribution in [0.15, 0.2) is 29.3 Å². The van der Waals surface area contributed by atoms with Gasteiger partial charge in [-0.1, -0.05) is 32.0 Å². The van der Waals surface area contributed by atoms with Gasteiger partial charge in [0.2, 0.25) is 5.91 Å². The van der Waals surface area contributed by atoms with Crippen molar-refractivity contribution < 1.29 is 9.53 Å². The maximum absolute atomic E-state index is 12.1. The van der Waals surface area contributed by atoms with Crippen molar-refractivity contribution in [2.75, 3.05) is 26.7 Å². The highest BCUT2D eigenvalue weighted by atomic mass is 16.5. The van der Waals surface area contributed by atoms with Crippen molar-refractivity contribution in [3.8, 4) is 5.75 Å². The molecule has 1 heterocycles. The fraction of sp³-hybridized carbons (Fsp3) is 0.600. The Morgan fingerprint density at radius 3 is 2.73 bits per heavy atom. The first-order valence-electron chi connectivity index (χ1n) is 9.39. The van der Waals surface area contributed by atoms with Crippen molar-refractivity contribution in [3.05, 3.63) is 29.8 Å². The highest BCUT2D eigenvalue weighted by Crippen LogP contribution is 2.17. The number of aryl methyl sites for hydroxylation is 1. The van der Waals surface area contributed by atoms with E-state index in [2.05, 4.69) is 15.6 Å². The quantitative estimate of drug-likeness (QED) is 0.603. The summed E-state index contributed by atoms with van der Waals surface area (Å²) < 4.78 is 5.99. The van der Waals surface area contributed by atoms with E-state index in [1.807, 2.05) is 56.9 Å². The largest absolute Gasteiger partial charge is 0.489 e. The Morgan fingerprint density at radius 1 is 1.35 bits per heavy atom. The number of nitrogens with one attached hydrogen (secondary N) is 2. The standard InChI is InChI=1S/C20H32N4O2/c1-14(2)19(25)24-11-10-17(13-24)23-20(21-5)22-12-16(4)26-18-9-7-6-8-15(18)3/h6-9,14,16-17H,10-13H2,1-5H3,(H2,21,22,23). The van der Waals surface area contributed by atoms with E-state index in [-0.39, 0.29) is 24.0 Å². The minimum Gasteiger partial charge on any atom is -0.489 e. The van der Waals surface area contributed by atoms with Crippen LogP contribution in [0.2, 0.25) is 0 Å². The number of benzene rings is 1. The van der Waals surface area contributed by atoms with Gasteiger partial charge in [0.05, 0.1) is 6.54 Å². The molecular formula is C20H32N4O2. The third-order valence-electron chi connectivity index (χ3n) is 4.54. The van der Waals surface area contributed by atoms with Gasteiger partial charge in [-0.2, -0.15) is 0 Å². The number of nitrogens with zero attached hydrogens (tertiary/aromatic N) is 2. The van der Waals surface area contributed by atoms with Crippen molar-refractivity contribution in [2.24, 2.45) is 10.9 Å². The second-order valence-corrected chi connectivity index (χ2v) is 7.22. The number of ether oxygens (including phenoxy) is 1. The number of para-hydroxylation sites is 1. The van der Waals surface area contributed by atoms with Crippen molar-refractivity contribution in [3.63, 3.8) is 0 Å². The molecule has 144 valence electrons. The fourth-order valence-corrected chi connectivity index (χ4v) is 3.02. The van der Waals surface area contributed by atoms with Gasteiger partial charge in [-0.3, -0.25) is 9.79 Å². The van der Waals surface area contributed by atoms with Gasteiger partial charge in [-0.25, -0.2) is 0 Å². The third-order valence-corrected chi connectivity index (χ3v) is 4.54. The second-order valence-electron chi connectivity index (χ2n) is 7.22. The van der Waals surface area contributed by atoms with Gasteiger partial charge in [0.1, 0.15) is 11.9 Å². The smallest absolute Gasteiger partial charge is 0.225 e. The molecule has 6 nitrogen and oxygen atoms in total. The van der Waals surface area contributed by atoms with Gasteiger partial charge in [-0.15, -0.1) is 0 Å². The maximum Gasteiger partial charge on any atom is 0.225 e. The van der Waals surface area contributed by atoms with Gasteiger partial charge >= 0.3 is 0 Å². The molecule has 1 saturated heterocycles. The molecule has 0 aromatic heterocycles. The van der Waals surface area contributed by atoms with E-state index in [4.69, 9.17) is 4.74 Å². The summed E-state index contributed by atoms with van der Waals surface area (Å²) >= 11 is 0. The molecule has 2 N–H and O–H groups in total. The lowest BCUT2D eigenvalue weighted by molar-refractivity contribution is -0.133. The van der Waals surface area contributed by atoms with Gasteiger partial charge in [0.25, 0.3) is 0 Å². The number of guanidine groups is 1. The maximum atomic E-state index is 12.1. The summed E-state index contributed by atoms with van der Waals surface area (Å²) in [5, 5.41) is 6.72. The molecule has 26 heavy (non-hydrogen) atoms. The molecule has 0 aliphatic carbocycles. The number of likely N-dealkylation sites (tertiary alicyclic amines) is 1. The van der Waals surface area contributed by atoms with Gasteiger partial charge in [0.15, 0.2) is 5.96 Å². The first-order chi connectivity index (χ1) is 12.4. The molecule has 1 fully saturated rings. The van der Waals surface area contributed by atoms with Crippen molar-refractivity contribution in [1.82, 2.24) is 15.5 Å². The highest BCUT2D eigenvalue weighted by Gasteiger charge is 2.28. The van der Waals surface area contributed by atoms with Crippen LogP contribution >= 0.6 is 0 Å². The van der Waals surface area contributed by atoms with Gasteiger partial charge in [0, 0.05) is 32.1 Å². The van der Waals surface area contributed by atoms with Crippen LogP contribution in [0.5, 0.6) is 5.75 Å². The average Bonchev–Trinajstić information content (AvgIpc) is 3.08. The van der Waals surface area contributed by atoms with Crippen LogP contribution in [0.1, 0.15) is 32.8 Å². The number of carbonyl (C=O) groups is 1. The normalized spacial score (nSPS) is 18.8. The molecule has 1 aliphatic heterocycles. The van der Waals surface area contributed by atoms with Crippen LogP contribution in [0.25, 0.3) is 0 Å². The van der Waals surface area contributed by atoms with E-state index in [0.717, 1.165) is 36.8 Å². The van der Waals surface area contributed by atoms with E-state index < -0.39 is 0 Å². The van der Waals surface area contributed by atoms with Crippen LogP contribution < -0.4 is 15.4 Å². The third kappa shape index (κ3) is 5.64. The SMILES string of the molecule is CN=C(NCC(C)Oc1ccccc1C)NC1CCN(C(=O)C(C)C)C1. The Kier molecular flexibility index (Phi) is 7.30. The summed E-state index contributed by atoms with van der Waals surface area (Å²) in [5.74, 6) is 1.92. The van der Waals surface area contributed by atoms with Crippen LogP contribution in [-0.4, -0.2) is 55.6 Å². The average molecular weight is 361 g/mol. The molecule has 2 atom stereocenters. The summed E-state index contributed by atoms with van der Waals surface area (Å²) in [6.45, 7) is 10.1. The summed E-state index contributed by atoms with van der Waals surface area (Å²) in [4.78, 5) is 18.3. The Morgan fingerprint density at radius 2 is 2.08 bits per heavy atom. The summed E-state index contributed by atoms with van der Waals surface area (Å²) in [7, 11) is 1.76. The Balaban J connectivity index is 1.78. The molecule has 2 rings (SSSR count). The summed E-state index contributed by atoms with van der Waals surface area (Å²) in [6.07, 6.45) is 0.950. The monoisotopic (exact) mass is 360 g/mol. The fourth-order valence-electron chi connectivity index (χ4n) is 3.02. The number of carbonyl (C=O) groups excluding carboxylic acids is 1. The van der Waals surface area contributed by atoms with E-state index in [0.29, 0.717) is 6.54 Å². The van der Waals surface area contributed by atoms with E-state index in [1.54, 1.807) is 7.05 Å². The van der Waals surface area contributed by atoms with Gasteiger partial charge < -0.3 is 20.3 Å². The van der Waals surface area contributed by atoms with E-state index in [1.165, 1.54) is 0 Å². The lowest BCUT2D eigenvalue weighted by Crippen LogP contribution is -2.47. The molecule has 0 saturated carbocycles. The lowest BCUT2D eigenvalue weighted by Gasteiger charge is -2.22. The molecule has 0 bridgehead atoms. The Labute approximate surface area is 157 Å². The zero-order chi connectivity index (χ0) is 19.1. The molecule has 2 unspecified atom stereocenters. The van der Waals surface area contributed by atoms with Gasteiger partial charge in [-0.05, 0) is 31.9 Å². The zero-order valence-corrected chi connectivity index (χ0v) is 16.6. The second kappa shape index (κ2) is 9.46. The molecule has 0 spiro atoms. The van der Waals surface area contributed by atoms with Crippen LogP contribution in [0, 0.1) is 12.8 Å². The zero-order valence-electron chi connectivity index (χ0n) is 16.6. The van der Waals surface area contributed by atoms with Crippen LogP contribution in [0.4, 0.5) is 0 Å². The first kappa shape index (κ1) is 20.1. The van der Waals surface area contributed by atoms with Crippen molar-refractivity contribution in [2.45, 2.75) is 46.3 Å². The first-order valence-corrected chi connectivity index (χ1v) is 9.39. The van der Waals surface area contributed by atoms with Crippen LogP contribution in [-0.2, 0) is 4.79 Å². The summed E-state index contributed by atoms with van der Waals surface area (Å²) in [6, 6.07) is 8.24. The van der Waals surface area contributed by atoms with Crippen molar-refractivity contribution >= 4 is 11.9 Å². The van der Waals surface area contributed by atoms with E-state index in [9.17, 15) is 4.79 Å². The van der Waals surface area contributed by atoms with Crippen molar-refractivity contribution in [1.29, 1.82) is 0 Å². The number of aliphatic imine (C=N–C) groups is 1. The molecule has 1 aromatic rings. The molecule has 6 heteroatoms. The molecular weight excluding hydrogens is 328 g/mol. The molecule has 1 aliphatic rings. The Hall–Kier alpha value is -2.24. The predicted octanol–water partition coefficient (Wildman–Crippen LogP) is 2.18. The minimum absolute atomic E-state index is 0.0113. The number of hydrogen-bond acceptors (Lipinski definition) is 3. The van der Waals surface area contributed by atoms with E-state index >= 15 is 0 Å². The molecule has 0 radical (unpaired) electrons. The number of rotatable bonds is 6. The van der Waals surface area contributed by atoms with Crippen LogP contribution in [0.3, 0.4) is 0 Å². The molecule has 1 aromatic carbocycles. The lowest BCUT2D eigenvalue weighted by atomic mass is 10.2. The number of amides is 1. The Bertz CT molecular complexity index is 630. The molecule has 1 amide bonds. The predicted molar refractivity (Wildman–Crippen MR) is 106 cm³/mol.